The number of nitrogens with one attached hydrogen (secondary N) is 1. The minimum Gasteiger partial charge on any atom is -0.313 e. The lowest BCUT2D eigenvalue weighted by Crippen LogP contribution is -2.15. The van der Waals surface area contributed by atoms with Gasteiger partial charge < -0.3 is 5.32 Å². The number of rotatable bonds is 8. The first-order valence-electron chi connectivity index (χ1n) is 7.65. The third kappa shape index (κ3) is 5.33. The largest absolute Gasteiger partial charge is 0.313 e. The minimum atomic E-state index is 0. The number of aromatic nitrogens is 4. The van der Waals surface area contributed by atoms with Gasteiger partial charge in [-0.25, -0.2) is 0 Å². The van der Waals surface area contributed by atoms with E-state index in [9.17, 15) is 0 Å². The van der Waals surface area contributed by atoms with E-state index in [2.05, 4.69) is 45.1 Å². The van der Waals surface area contributed by atoms with Crippen LogP contribution in [-0.4, -0.2) is 32.5 Å². The average Bonchev–Trinajstić information content (AvgIpc) is 3.08. The highest BCUT2D eigenvalue weighted by Gasteiger charge is 2.07. The molecule has 7 heteroatoms. The molecule has 0 radical (unpaired) electrons. The van der Waals surface area contributed by atoms with Crippen molar-refractivity contribution >= 4 is 24.2 Å². The van der Waals surface area contributed by atoms with E-state index in [4.69, 9.17) is 0 Å². The zero-order valence-electron chi connectivity index (χ0n) is 13.2. The van der Waals surface area contributed by atoms with Gasteiger partial charge in [-0.1, -0.05) is 60.3 Å². The second-order valence-corrected chi connectivity index (χ2v) is 6.14. The van der Waals surface area contributed by atoms with Gasteiger partial charge in [0.25, 0.3) is 0 Å². The summed E-state index contributed by atoms with van der Waals surface area (Å²) in [6, 6.07) is 20.4. The lowest BCUT2D eigenvalue weighted by atomic mass is 10.2. The van der Waals surface area contributed by atoms with E-state index in [1.54, 1.807) is 16.4 Å². The van der Waals surface area contributed by atoms with Crippen LogP contribution in [-0.2, 0) is 6.54 Å². The van der Waals surface area contributed by atoms with E-state index in [0.29, 0.717) is 0 Å². The minimum absolute atomic E-state index is 0. The van der Waals surface area contributed by atoms with Crippen molar-refractivity contribution in [2.24, 2.45) is 0 Å². The molecular weight excluding hydrogens is 342 g/mol. The summed E-state index contributed by atoms with van der Waals surface area (Å²) in [6.45, 7) is 1.89. The molecule has 0 aliphatic heterocycles. The Balaban J connectivity index is 0.00000208. The normalized spacial score (nSPS) is 10.3. The van der Waals surface area contributed by atoms with Gasteiger partial charge in [-0.3, -0.25) is 0 Å². The maximum atomic E-state index is 4.10. The monoisotopic (exact) mass is 361 g/mol. The van der Waals surface area contributed by atoms with Crippen LogP contribution >= 0.6 is 24.2 Å². The van der Waals surface area contributed by atoms with Crippen LogP contribution in [0.1, 0.15) is 12.0 Å². The third-order valence-corrected chi connectivity index (χ3v) is 4.35. The van der Waals surface area contributed by atoms with E-state index >= 15 is 0 Å². The molecule has 0 unspecified atom stereocenters. The van der Waals surface area contributed by atoms with Crippen molar-refractivity contribution in [3.8, 4) is 5.69 Å². The highest BCUT2D eigenvalue weighted by molar-refractivity contribution is 7.99. The number of tetrazole rings is 1. The van der Waals surface area contributed by atoms with Crippen LogP contribution in [0.15, 0.2) is 65.8 Å². The first-order valence-corrected chi connectivity index (χ1v) is 8.63. The van der Waals surface area contributed by atoms with E-state index < -0.39 is 0 Å². The summed E-state index contributed by atoms with van der Waals surface area (Å²) >= 11 is 1.68. The molecule has 3 rings (SSSR count). The molecule has 0 spiro atoms. The van der Waals surface area contributed by atoms with Crippen LogP contribution in [0, 0.1) is 0 Å². The SMILES string of the molecule is Cl.c1ccc(CNCCCSc2nnnn2-c2ccccc2)cc1. The Morgan fingerprint density at radius 1 is 0.958 bits per heavy atom. The summed E-state index contributed by atoms with van der Waals surface area (Å²) in [6.07, 6.45) is 1.07. The number of para-hydroxylation sites is 1. The van der Waals surface area contributed by atoms with Gasteiger partial charge >= 0.3 is 0 Å². The van der Waals surface area contributed by atoms with Crippen LogP contribution < -0.4 is 5.32 Å². The Morgan fingerprint density at radius 2 is 1.67 bits per heavy atom. The van der Waals surface area contributed by atoms with Crippen molar-refractivity contribution in [2.75, 3.05) is 12.3 Å². The van der Waals surface area contributed by atoms with Gasteiger partial charge in [-0.05, 0) is 41.1 Å². The van der Waals surface area contributed by atoms with Crippen molar-refractivity contribution in [3.63, 3.8) is 0 Å². The molecule has 5 nitrogen and oxygen atoms in total. The number of benzene rings is 2. The van der Waals surface area contributed by atoms with Gasteiger partial charge in [0.1, 0.15) is 0 Å². The van der Waals surface area contributed by atoms with Crippen molar-refractivity contribution in [3.05, 3.63) is 66.2 Å². The molecule has 0 saturated carbocycles. The van der Waals surface area contributed by atoms with Crippen molar-refractivity contribution in [1.82, 2.24) is 25.5 Å². The van der Waals surface area contributed by atoms with Crippen LogP contribution in [0.4, 0.5) is 0 Å². The number of thioether (sulfide) groups is 1. The van der Waals surface area contributed by atoms with Gasteiger partial charge in [0.2, 0.25) is 5.16 Å². The summed E-state index contributed by atoms with van der Waals surface area (Å²) in [5.41, 5.74) is 2.30. The van der Waals surface area contributed by atoms with Gasteiger partial charge in [0.05, 0.1) is 5.69 Å². The molecule has 0 amide bonds. The highest BCUT2D eigenvalue weighted by atomic mass is 35.5. The fourth-order valence-electron chi connectivity index (χ4n) is 2.19. The first-order chi connectivity index (χ1) is 11.4. The molecule has 126 valence electrons. The lowest BCUT2D eigenvalue weighted by Gasteiger charge is -2.05. The van der Waals surface area contributed by atoms with Crippen LogP contribution in [0.3, 0.4) is 0 Å². The summed E-state index contributed by atoms with van der Waals surface area (Å²) < 4.78 is 1.78. The second kappa shape index (κ2) is 10.1. The Kier molecular flexibility index (Phi) is 7.74. The molecular formula is C17H20ClN5S. The molecule has 0 atom stereocenters. The molecule has 0 fully saturated rings. The number of halogens is 1. The first kappa shape index (κ1) is 18.4. The van der Waals surface area contributed by atoms with E-state index in [1.807, 2.05) is 36.4 Å². The molecule has 24 heavy (non-hydrogen) atoms. The number of hydrogen-bond donors (Lipinski definition) is 1. The van der Waals surface area contributed by atoms with E-state index in [0.717, 1.165) is 36.1 Å². The Labute approximate surface area is 152 Å². The molecule has 0 aliphatic rings. The molecule has 1 aromatic heterocycles. The van der Waals surface area contributed by atoms with Gasteiger partial charge in [0.15, 0.2) is 0 Å². The van der Waals surface area contributed by atoms with Crippen LogP contribution in [0.2, 0.25) is 0 Å². The molecule has 2 aromatic carbocycles. The maximum Gasteiger partial charge on any atom is 0.214 e. The van der Waals surface area contributed by atoms with Crippen LogP contribution in [0.25, 0.3) is 5.69 Å². The zero-order valence-corrected chi connectivity index (χ0v) is 14.8. The van der Waals surface area contributed by atoms with Gasteiger partial charge in [-0.15, -0.1) is 17.5 Å². The molecule has 0 bridgehead atoms. The maximum absolute atomic E-state index is 4.10. The third-order valence-electron chi connectivity index (χ3n) is 3.34. The van der Waals surface area contributed by atoms with Crippen molar-refractivity contribution in [2.45, 2.75) is 18.1 Å². The van der Waals surface area contributed by atoms with Crippen molar-refractivity contribution < 1.29 is 0 Å². The van der Waals surface area contributed by atoms with Crippen molar-refractivity contribution in [1.29, 1.82) is 0 Å². The second-order valence-electron chi connectivity index (χ2n) is 5.07. The highest BCUT2D eigenvalue weighted by Crippen LogP contribution is 2.18. The molecule has 1 N–H and O–H groups in total. The summed E-state index contributed by atoms with van der Waals surface area (Å²) in [5.74, 6) is 0.981. The smallest absolute Gasteiger partial charge is 0.214 e. The Hall–Kier alpha value is -1.89. The lowest BCUT2D eigenvalue weighted by molar-refractivity contribution is 0.678. The topological polar surface area (TPSA) is 55.6 Å². The predicted molar refractivity (Wildman–Crippen MR) is 99.9 cm³/mol. The summed E-state index contributed by atoms with van der Waals surface area (Å²) in [5, 5.41) is 16.2. The molecule has 0 saturated heterocycles. The zero-order chi connectivity index (χ0) is 15.7. The Morgan fingerprint density at radius 3 is 2.42 bits per heavy atom. The predicted octanol–water partition coefficient (Wildman–Crippen LogP) is 3.36. The summed E-state index contributed by atoms with van der Waals surface area (Å²) in [7, 11) is 0. The molecule has 3 aromatic rings. The van der Waals surface area contributed by atoms with Gasteiger partial charge in [0, 0.05) is 12.3 Å². The van der Waals surface area contributed by atoms with Crippen LogP contribution in [0.5, 0.6) is 0 Å². The average molecular weight is 362 g/mol. The number of hydrogen-bond acceptors (Lipinski definition) is 5. The fourth-order valence-corrected chi connectivity index (χ4v) is 3.02. The van der Waals surface area contributed by atoms with E-state index in [1.165, 1.54) is 5.56 Å². The molecule has 0 aliphatic carbocycles. The van der Waals surface area contributed by atoms with Gasteiger partial charge in [-0.2, -0.15) is 4.68 Å². The molecule has 1 heterocycles. The number of nitrogens with zero attached hydrogens (tertiary/aromatic N) is 4. The quantitative estimate of drug-likeness (QED) is 0.492. The Bertz CT molecular complexity index is 705. The summed E-state index contributed by atoms with van der Waals surface area (Å²) in [4.78, 5) is 0. The standard InChI is InChI=1S/C17H19N5S.ClH/c1-3-8-15(9-4-1)14-18-12-7-13-23-17-19-20-21-22(17)16-10-5-2-6-11-16;/h1-6,8-11,18H,7,12-14H2;1H. The van der Waals surface area contributed by atoms with E-state index in [-0.39, 0.29) is 12.4 Å². The fraction of sp³-hybridized carbons (Fsp3) is 0.235.